The van der Waals surface area contributed by atoms with Crippen LogP contribution in [0.3, 0.4) is 0 Å². The Balaban J connectivity index is 1.67. The molecular weight excluding hydrogens is 503 g/mol. The SMILES string of the molecule is Cc1ccccc1CN(C(=O)Cc1ccc(Cl)c(Cl)c1)[C@H](Cc1ccccc1)C(=O)NC1CCCCC1. The fourth-order valence-corrected chi connectivity index (χ4v) is 5.32. The topological polar surface area (TPSA) is 49.4 Å². The Labute approximate surface area is 230 Å². The molecule has 1 aliphatic carbocycles. The number of nitrogens with zero attached hydrogens (tertiary/aromatic N) is 1. The number of carbonyl (C=O) groups is 2. The molecule has 0 saturated heterocycles. The van der Waals surface area contributed by atoms with Crippen molar-refractivity contribution >= 4 is 35.0 Å². The number of nitrogens with one attached hydrogen (secondary N) is 1. The Bertz CT molecular complexity index is 1210. The maximum atomic E-state index is 13.9. The molecule has 0 bridgehead atoms. The van der Waals surface area contributed by atoms with E-state index in [4.69, 9.17) is 23.2 Å². The summed E-state index contributed by atoms with van der Waals surface area (Å²) in [6.45, 7) is 2.38. The molecule has 4 nitrogen and oxygen atoms in total. The second kappa shape index (κ2) is 13.1. The van der Waals surface area contributed by atoms with Crippen molar-refractivity contribution in [3.63, 3.8) is 0 Å². The van der Waals surface area contributed by atoms with Gasteiger partial charge in [-0.25, -0.2) is 0 Å². The maximum Gasteiger partial charge on any atom is 0.243 e. The summed E-state index contributed by atoms with van der Waals surface area (Å²) in [5.41, 5.74) is 3.89. The first-order chi connectivity index (χ1) is 17.9. The van der Waals surface area contributed by atoms with Crippen LogP contribution >= 0.6 is 23.2 Å². The number of benzene rings is 3. The lowest BCUT2D eigenvalue weighted by Crippen LogP contribution is -2.53. The first-order valence-corrected chi connectivity index (χ1v) is 13.8. The van der Waals surface area contributed by atoms with Gasteiger partial charge in [0.1, 0.15) is 6.04 Å². The van der Waals surface area contributed by atoms with E-state index in [1.54, 1.807) is 17.0 Å². The van der Waals surface area contributed by atoms with E-state index in [1.165, 1.54) is 6.42 Å². The highest BCUT2D eigenvalue weighted by atomic mass is 35.5. The van der Waals surface area contributed by atoms with E-state index < -0.39 is 6.04 Å². The van der Waals surface area contributed by atoms with E-state index in [1.807, 2.05) is 67.6 Å². The molecule has 0 radical (unpaired) electrons. The number of amides is 2. The molecule has 0 aliphatic heterocycles. The fraction of sp³-hybridized carbons (Fsp3) is 0.355. The fourth-order valence-electron chi connectivity index (χ4n) is 5.00. The summed E-state index contributed by atoms with van der Waals surface area (Å²) in [7, 11) is 0. The van der Waals surface area contributed by atoms with Gasteiger partial charge in [-0.05, 0) is 54.2 Å². The monoisotopic (exact) mass is 536 g/mol. The Morgan fingerprint density at radius 3 is 2.30 bits per heavy atom. The van der Waals surface area contributed by atoms with Crippen LogP contribution in [0.25, 0.3) is 0 Å². The van der Waals surface area contributed by atoms with Crippen molar-refractivity contribution in [3.8, 4) is 0 Å². The van der Waals surface area contributed by atoms with Crippen LogP contribution < -0.4 is 5.32 Å². The third-order valence-electron chi connectivity index (χ3n) is 7.16. The van der Waals surface area contributed by atoms with Crippen LogP contribution in [0.5, 0.6) is 0 Å². The molecule has 4 rings (SSSR count). The van der Waals surface area contributed by atoms with Crippen molar-refractivity contribution in [3.05, 3.63) is 105 Å². The van der Waals surface area contributed by atoms with Crippen molar-refractivity contribution in [2.75, 3.05) is 0 Å². The number of aryl methyl sites for hydroxylation is 1. The van der Waals surface area contributed by atoms with E-state index in [9.17, 15) is 9.59 Å². The van der Waals surface area contributed by atoms with E-state index in [0.29, 0.717) is 23.0 Å². The van der Waals surface area contributed by atoms with Crippen molar-refractivity contribution in [2.24, 2.45) is 0 Å². The van der Waals surface area contributed by atoms with E-state index >= 15 is 0 Å². The second-order valence-electron chi connectivity index (χ2n) is 9.92. The highest BCUT2D eigenvalue weighted by molar-refractivity contribution is 6.42. The lowest BCUT2D eigenvalue weighted by molar-refractivity contribution is -0.141. The molecular formula is C31H34Cl2N2O2. The summed E-state index contributed by atoms with van der Waals surface area (Å²) >= 11 is 12.3. The van der Waals surface area contributed by atoms with Gasteiger partial charge in [0.15, 0.2) is 0 Å². The van der Waals surface area contributed by atoms with Crippen LogP contribution in [0.4, 0.5) is 0 Å². The van der Waals surface area contributed by atoms with Gasteiger partial charge in [-0.15, -0.1) is 0 Å². The minimum absolute atomic E-state index is 0.0909. The lowest BCUT2D eigenvalue weighted by Gasteiger charge is -2.34. The Morgan fingerprint density at radius 1 is 0.892 bits per heavy atom. The van der Waals surface area contributed by atoms with Crippen LogP contribution in [-0.4, -0.2) is 28.8 Å². The molecule has 2 amide bonds. The van der Waals surface area contributed by atoms with Crippen LogP contribution in [-0.2, 0) is 29.0 Å². The largest absolute Gasteiger partial charge is 0.352 e. The average Bonchev–Trinajstić information content (AvgIpc) is 2.90. The van der Waals surface area contributed by atoms with E-state index in [-0.39, 0.29) is 24.3 Å². The van der Waals surface area contributed by atoms with Gasteiger partial charge in [-0.2, -0.15) is 0 Å². The Hall–Kier alpha value is -2.82. The van der Waals surface area contributed by atoms with Crippen LogP contribution in [0, 0.1) is 6.92 Å². The van der Waals surface area contributed by atoms with Crippen LogP contribution in [0.2, 0.25) is 10.0 Å². The number of halogens is 2. The van der Waals surface area contributed by atoms with E-state index in [0.717, 1.165) is 47.9 Å². The molecule has 37 heavy (non-hydrogen) atoms. The van der Waals surface area contributed by atoms with Gasteiger partial charge in [0.05, 0.1) is 16.5 Å². The Kier molecular flexibility index (Phi) is 9.65. The molecule has 0 unspecified atom stereocenters. The number of rotatable bonds is 9. The molecule has 3 aromatic carbocycles. The van der Waals surface area contributed by atoms with Crippen molar-refractivity contribution < 1.29 is 9.59 Å². The summed E-state index contributed by atoms with van der Waals surface area (Å²) in [6.07, 6.45) is 6.00. The zero-order valence-corrected chi connectivity index (χ0v) is 22.8. The van der Waals surface area contributed by atoms with Gasteiger partial charge in [0.25, 0.3) is 0 Å². The van der Waals surface area contributed by atoms with Crippen molar-refractivity contribution in [2.45, 2.75) is 70.5 Å². The third-order valence-corrected chi connectivity index (χ3v) is 7.90. The van der Waals surface area contributed by atoms with Crippen molar-refractivity contribution in [1.82, 2.24) is 10.2 Å². The van der Waals surface area contributed by atoms with Gasteiger partial charge in [0.2, 0.25) is 11.8 Å². The summed E-state index contributed by atoms with van der Waals surface area (Å²) in [5.74, 6) is -0.215. The molecule has 1 aliphatic rings. The smallest absolute Gasteiger partial charge is 0.243 e. The minimum Gasteiger partial charge on any atom is -0.352 e. The number of carbonyl (C=O) groups excluding carboxylic acids is 2. The third kappa shape index (κ3) is 7.59. The maximum absolute atomic E-state index is 13.9. The second-order valence-corrected chi connectivity index (χ2v) is 10.7. The van der Waals surface area contributed by atoms with Gasteiger partial charge >= 0.3 is 0 Å². The van der Waals surface area contributed by atoms with Crippen molar-refractivity contribution in [1.29, 1.82) is 0 Å². The van der Waals surface area contributed by atoms with Gasteiger partial charge in [-0.3, -0.25) is 9.59 Å². The molecule has 1 atom stereocenters. The molecule has 1 fully saturated rings. The Morgan fingerprint density at radius 2 is 1.59 bits per heavy atom. The molecule has 194 valence electrons. The summed E-state index contributed by atoms with van der Waals surface area (Å²) in [4.78, 5) is 29.5. The molecule has 0 heterocycles. The molecule has 6 heteroatoms. The molecule has 1 N–H and O–H groups in total. The normalized spacial score (nSPS) is 14.7. The van der Waals surface area contributed by atoms with Gasteiger partial charge < -0.3 is 10.2 Å². The number of hydrogen-bond acceptors (Lipinski definition) is 2. The minimum atomic E-state index is -0.640. The van der Waals surface area contributed by atoms with Gasteiger partial charge in [0, 0.05) is 19.0 Å². The average molecular weight is 538 g/mol. The predicted molar refractivity (Wildman–Crippen MR) is 151 cm³/mol. The van der Waals surface area contributed by atoms with Crippen LogP contribution in [0.15, 0.2) is 72.8 Å². The summed E-state index contributed by atoms with van der Waals surface area (Å²) in [5, 5.41) is 4.14. The predicted octanol–water partition coefficient (Wildman–Crippen LogP) is 6.93. The lowest BCUT2D eigenvalue weighted by atomic mass is 9.94. The molecule has 3 aromatic rings. The number of hydrogen-bond donors (Lipinski definition) is 1. The molecule has 1 saturated carbocycles. The first kappa shape index (κ1) is 27.2. The van der Waals surface area contributed by atoms with Gasteiger partial charge in [-0.1, -0.05) is 103 Å². The van der Waals surface area contributed by atoms with E-state index in [2.05, 4.69) is 5.32 Å². The van der Waals surface area contributed by atoms with Crippen LogP contribution in [0.1, 0.15) is 54.4 Å². The quantitative estimate of drug-likeness (QED) is 0.322. The summed E-state index contributed by atoms with van der Waals surface area (Å²) in [6, 6.07) is 22.7. The highest BCUT2D eigenvalue weighted by Crippen LogP contribution is 2.25. The standard InChI is InChI=1S/C31H34Cl2N2O2/c1-22-10-8-9-13-25(22)21-35(30(36)20-24-16-17-27(32)28(33)18-24)29(19-23-11-4-2-5-12-23)31(37)34-26-14-6-3-7-15-26/h2,4-5,8-13,16-18,26,29H,3,6-7,14-15,19-21H2,1H3,(H,34,37)/t29-/m1/s1. The highest BCUT2D eigenvalue weighted by Gasteiger charge is 2.32. The summed E-state index contributed by atoms with van der Waals surface area (Å²) < 4.78 is 0. The zero-order chi connectivity index (χ0) is 26.2. The molecule has 0 aromatic heterocycles. The first-order valence-electron chi connectivity index (χ1n) is 13.0. The zero-order valence-electron chi connectivity index (χ0n) is 21.3. The molecule has 0 spiro atoms.